The normalized spacial score (nSPS) is 15.7. The van der Waals surface area contributed by atoms with Crippen LogP contribution >= 0.6 is 39.2 Å². The molecule has 1 unspecified atom stereocenters. The van der Waals surface area contributed by atoms with Crippen LogP contribution in [0.4, 0.5) is 0 Å². The van der Waals surface area contributed by atoms with E-state index in [-0.39, 0.29) is 0 Å². The first-order valence-corrected chi connectivity index (χ1v) is 6.86. The molecule has 0 heterocycles. The van der Waals surface area contributed by atoms with Crippen molar-refractivity contribution in [3.63, 3.8) is 0 Å². The summed E-state index contributed by atoms with van der Waals surface area (Å²) in [4.78, 5) is 9.27. The Morgan fingerprint density at radius 2 is 2.00 bits per heavy atom. The summed E-state index contributed by atoms with van der Waals surface area (Å²) in [5, 5.41) is 0.450. The van der Waals surface area contributed by atoms with Crippen molar-refractivity contribution in [1.82, 2.24) is 0 Å². The van der Waals surface area contributed by atoms with Crippen molar-refractivity contribution in [1.29, 1.82) is 0 Å². The Labute approximate surface area is 87.7 Å². The number of rotatable bonds is 1. The van der Waals surface area contributed by atoms with Crippen LogP contribution in [0.25, 0.3) is 0 Å². The average molecular weight is 314 g/mol. The van der Waals surface area contributed by atoms with Crippen LogP contribution in [0.3, 0.4) is 0 Å². The van der Waals surface area contributed by atoms with E-state index in [9.17, 15) is 9.46 Å². The summed E-state index contributed by atoms with van der Waals surface area (Å²) in [7, 11) is -3.14. The molecule has 0 radical (unpaired) electrons. The molecule has 0 amide bonds. The van der Waals surface area contributed by atoms with Gasteiger partial charge in [-0.05, 0) is 34.1 Å². The van der Waals surface area contributed by atoms with Gasteiger partial charge in [-0.1, -0.05) is 15.9 Å². The van der Waals surface area contributed by atoms with Gasteiger partial charge in [0.1, 0.15) is 0 Å². The molecule has 0 aliphatic carbocycles. The average Bonchev–Trinajstić information content (AvgIpc) is 1.83. The molecule has 66 valence electrons. The molecule has 0 aromatic heterocycles. The highest BCUT2D eigenvalue weighted by Gasteiger charge is 2.16. The van der Waals surface area contributed by atoms with Gasteiger partial charge in [0.25, 0.3) is 0 Å². The number of hydrogen-bond donors (Lipinski definition) is 1. The van der Waals surface area contributed by atoms with Gasteiger partial charge in [0, 0.05) is 15.6 Å². The van der Waals surface area contributed by atoms with E-state index in [1.54, 1.807) is 18.2 Å². The molecule has 1 rings (SSSR count). The predicted molar refractivity (Wildman–Crippen MR) is 57.2 cm³/mol. The second kappa shape index (κ2) is 3.62. The first-order chi connectivity index (χ1) is 5.41. The quantitative estimate of drug-likeness (QED) is 0.810. The van der Waals surface area contributed by atoms with Gasteiger partial charge in [-0.3, -0.25) is 4.57 Å². The highest BCUT2D eigenvalue weighted by Crippen LogP contribution is 2.37. The van der Waals surface area contributed by atoms with E-state index < -0.39 is 7.37 Å². The van der Waals surface area contributed by atoms with E-state index in [0.717, 1.165) is 4.47 Å². The molecule has 2 nitrogen and oxygen atoms in total. The van der Waals surface area contributed by atoms with Crippen LogP contribution in [0.15, 0.2) is 27.1 Å². The van der Waals surface area contributed by atoms with E-state index in [1.807, 2.05) is 0 Å². The lowest BCUT2D eigenvalue weighted by molar-refractivity contribution is 0.496. The molecule has 12 heavy (non-hydrogen) atoms. The lowest BCUT2D eigenvalue weighted by atomic mass is 10.4. The number of benzene rings is 1. The highest BCUT2D eigenvalue weighted by molar-refractivity contribution is 9.11. The lowest BCUT2D eigenvalue weighted by Gasteiger charge is -2.07. The maximum Gasteiger partial charge on any atom is 0.227 e. The summed E-state index contributed by atoms with van der Waals surface area (Å²) in [5.41, 5.74) is 0. The Kier molecular flexibility index (Phi) is 3.16. The smallest absolute Gasteiger partial charge is 0.227 e. The van der Waals surface area contributed by atoms with Gasteiger partial charge in [-0.25, -0.2) is 0 Å². The van der Waals surface area contributed by atoms with Gasteiger partial charge < -0.3 is 4.89 Å². The van der Waals surface area contributed by atoms with Crippen LogP contribution < -0.4 is 5.30 Å². The molecule has 1 atom stereocenters. The summed E-state index contributed by atoms with van der Waals surface area (Å²) >= 11 is 6.48. The topological polar surface area (TPSA) is 37.3 Å². The highest BCUT2D eigenvalue weighted by atomic mass is 79.9. The second-order valence-electron chi connectivity index (χ2n) is 2.47. The van der Waals surface area contributed by atoms with E-state index in [2.05, 4.69) is 31.9 Å². The number of halogens is 2. The Hall–Kier alpha value is 0.370. The van der Waals surface area contributed by atoms with Crippen LogP contribution in [0, 0.1) is 0 Å². The van der Waals surface area contributed by atoms with Gasteiger partial charge in [0.05, 0.1) is 5.30 Å². The molecule has 0 aliphatic heterocycles. The van der Waals surface area contributed by atoms with Gasteiger partial charge in [0.2, 0.25) is 7.37 Å². The minimum Gasteiger partial charge on any atom is -0.341 e. The maximum atomic E-state index is 11.3. The molecular formula is C7H7Br2O2P. The minimum absolute atomic E-state index is 0.450. The fourth-order valence-electron chi connectivity index (χ4n) is 0.818. The molecule has 1 aromatic rings. The molecule has 0 saturated heterocycles. The third kappa shape index (κ3) is 2.43. The fraction of sp³-hybridized carbons (Fsp3) is 0.143. The zero-order valence-corrected chi connectivity index (χ0v) is 10.4. The standard InChI is InChI=1S/C7H7Br2O2P/c1-12(10,11)7-3-2-5(8)4-6(7)9/h2-4H,1H3,(H,10,11). The first-order valence-electron chi connectivity index (χ1n) is 3.17. The molecule has 0 saturated carbocycles. The van der Waals surface area contributed by atoms with Crippen molar-refractivity contribution >= 4 is 44.5 Å². The van der Waals surface area contributed by atoms with Crippen molar-refractivity contribution in [2.45, 2.75) is 0 Å². The molecule has 0 aliphatic rings. The Morgan fingerprint density at radius 1 is 1.42 bits per heavy atom. The van der Waals surface area contributed by atoms with E-state index in [1.165, 1.54) is 6.66 Å². The van der Waals surface area contributed by atoms with E-state index in [4.69, 9.17) is 0 Å². The van der Waals surface area contributed by atoms with Crippen LogP contribution in [0.1, 0.15) is 0 Å². The second-order valence-corrected chi connectivity index (χ2v) is 6.48. The fourth-order valence-corrected chi connectivity index (χ4v) is 3.66. The molecule has 1 aromatic carbocycles. The Morgan fingerprint density at radius 3 is 2.42 bits per heavy atom. The van der Waals surface area contributed by atoms with Crippen molar-refractivity contribution in [2.24, 2.45) is 0 Å². The van der Waals surface area contributed by atoms with Gasteiger partial charge in [-0.15, -0.1) is 0 Å². The van der Waals surface area contributed by atoms with Crippen molar-refractivity contribution in [3.05, 3.63) is 27.1 Å². The summed E-state index contributed by atoms with van der Waals surface area (Å²) < 4.78 is 12.8. The largest absolute Gasteiger partial charge is 0.341 e. The van der Waals surface area contributed by atoms with Gasteiger partial charge >= 0.3 is 0 Å². The van der Waals surface area contributed by atoms with Crippen molar-refractivity contribution in [3.8, 4) is 0 Å². The van der Waals surface area contributed by atoms with Crippen LogP contribution in [0.2, 0.25) is 0 Å². The SMILES string of the molecule is CP(=O)(O)c1ccc(Br)cc1Br. The molecule has 1 N–H and O–H groups in total. The van der Waals surface area contributed by atoms with E-state index in [0.29, 0.717) is 9.78 Å². The summed E-state index contributed by atoms with van der Waals surface area (Å²) in [5.74, 6) is 0. The predicted octanol–water partition coefficient (Wildman–Crippen LogP) is 2.74. The van der Waals surface area contributed by atoms with Crippen molar-refractivity contribution in [2.75, 3.05) is 6.66 Å². The monoisotopic (exact) mass is 312 g/mol. The molecule has 0 fully saturated rings. The molecule has 0 bridgehead atoms. The zero-order chi connectivity index (χ0) is 9.35. The number of hydrogen-bond acceptors (Lipinski definition) is 1. The summed E-state index contributed by atoms with van der Waals surface area (Å²) in [6.45, 7) is 1.32. The third-order valence-corrected chi connectivity index (χ3v) is 4.10. The molecule has 0 spiro atoms. The van der Waals surface area contributed by atoms with E-state index >= 15 is 0 Å². The lowest BCUT2D eigenvalue weighted by Crippen LogP contribution is -2.04. The summed E-state index contributed by atoms with van der Waals surface area (Å²) in [6, 6.07) is 5.13. The summed E-state index contributed by atoms with van der Waals surface area (Å²) in [6.07, 6.45) is 0. The van der Waals surface area contributed by atoms with Crippen LogP contribution in [-0.2, 0) is 4.57 Å². The zero-order valence-electron chi connectivity index (χ0n) is 6.29. The van der Waals surface area contributed by atoms with Crippen LogP contribution in [0.5, 0.6) is 0 Å². The molecular weight excluding hydrogens is 307 g/mol. The Bertz CT molecular complexity index is 345. The third-order valence-electron chi connectivity index (χ3n) is 1.36. The maximum absolute atomic E-state index is 11.3. The van der Waals surface area contributed by atoms with Gasteiger partial charge in [0.15, 0.2) is 0 Å². The first kappa shape index (κ1) is 10.5. The van der Waals surface area contributed by atoms with Gasteiger partial charge in [-0.2, -0.15) is 0 Å². The van der Waals surface area contributed by atoms with Crippen LogP contribution in [-0.4, -0.2) is 11.6 Å². The molecule has 5 heteroatoms. The van der Waals surface area contributed by atoms with Crippen molar-refractivity contribution < 1.29 is 9.46 Å². The minimum atomic E-state index is -3.14. The Balaban J connectivity index is 3.28.